The Morgan fingerprint density at radius 2 is 2.11 bits per heavy atom. The van der Waals surface area contributed by atoms with E-state index in [4.69, 9.17) is 4.74 Å². The van der Waals surface area contributed by atoms with Crippen molar-refractivity contribution in [3.05, 3.63) is 54.4 Å². The smallest absolute Gasteiger partial charge is 0.0657 e. The van der Waals surface area contributed by atoms with E-state index >= 15 is 0 Å². The monoisotopic (exact) mass is 245 g/mol. The lowest BCUT2D eigenvalue weighted by atomic mass is 10.1. The number of benzene rings is 1. The first-order valence-electron chi connectivity index (χ1n) is 6.15. The third-order valence-corrected chi connectivity index (χ3v) is 2.83. The highest BCUT2D eigenvalue weighted by Gasteiger charge is 2.09. The molecule has 1 aromatic carbocycles. The van der Waals surface area contributed by atoms with Crippen LogP contribution in [-0.2, 0) is 11.3 Å². The Labute approximate surface area is 108 Å². The molecule has 0 bridgehead atoms. The van der Waals surface area contributed by atoms with Gasteiger partial charge >= 0.3 is 0 Å². The van der Waals surface area contributed by atoms with Crippen molar-refractivity contribution >= 4 is 0 Å². The Morgan fingerprint density at radius 3 is 2.78 bits per heavy atom. The molecule has 2 aromatic rings. The fraction of sp³-hybridized carbons (Fsp3) is 0.357. The van der Waals surface area contributed by atoms with Gasteiger partial charge in [-0.25, -0.2) is 0 Å². The molecule has 4 nitrogen and oxygen atoms in total. The van der Waals surface area contributed by atoms with Crippen molar-refractivity contribution in [2.45, 2.75) is 12.6 Å². The van der Waals surface area contributed by atoms with Gasteiger partial charge in [-0.15, -0.1) is 0 Å². The summed E-state index contributed by atoms with van der Waals surface area (Å²) in [6.07, 6.45) is 3.76. The number of hydrogen-bond donors (Lipinski definition) is 1. The lowest BCUT2D eigenvalue weighted by molar-refractivity contribution is 0.166. The second-order valence-electron chi connectivity index (χ2n) is 4.14. The Kier molecular flexibility index (Phi) is 4.93. The molecule has 1 N–H and O–H groups in total. The van der Waals surface area contributed by atoms with Gasteiger partial charge in [-0.3, -0.25) is 4.68 Å². The van der Waals surface area contributed by atoms with E-state index in [2.05, 4.69) is 22.5 Å². The molecule has 1 aromatic heterocycles. The van der Waals surface area contributed by atoms with Crippen LogP contribution in [0.15, 0.2) is 48.8 Å². The molecule has 0 aliphatic rings. The largest absolute Gasteiger partial charge is 0.383 e. The molecule has 96 valence electrons. The molecule has 0 fully saturated rings. The first-order chi connectivity index (χ1) is 8.90. The maximum absolute atomic E-state index is 5.26. The average molecular weight is 245 g/mol. The molecule has 2 rings (SSSR count). The summed E-state index contributed by atoms with van der Waals surface area (Å²) in [4.78, 5) is 0. The molecule has 0 aliphatic heterocycles. The van der Waals surface area contributed by atoms with Gasteiger partial charge in [0, 0.05) is 26.0 Å². The standard InChI is InChI=1S/C14H19N3O/c1-18-12-14(13-6-3-2-4-7-13)15-9-11-17-10-5-8-16-17/h2-8,10,14-15H,9,11-12H2,1H3. The molecular weight excluding hydrogens is 226 g/mol. The van der Waals surface area contributed by atoms with E-state index in [9.17, 15) is 0 Å². The van der Waals surface area contributed by atoms with Crippen LogP contribution in [-0.4, -0.2) is 30.0 Å². The second-order valence-corrected chi connectivity index (χ2v) is 4.14. The molecule has 0 amide bonds. The quantitative estimate of drug-likeness (QED) is 0.809. The Balaban J connectivity index is 1.87. The van der Waals surface area contributed by atoms with Crippen LogP contribution in [0.1, 0.15) is 11.6 Å². The lowest BCUT2D eigenvalue weighted by Crippen LogP contribution is -2.28. The van der Waals surface area contributed by atoms with E-state index in [0.717, 1.165) is 13.1 Å². The summed E-state index contributed by atoms with van der Waals surface area (Å²) in [5.74, 6) is 0. The molecule has 1 heterocycles. The topological polar surface area (TPSA) is 39.1 Å². The molecule has 18 heavy (non-hydrogen) atoms. The molecule has 0 spiro atoms. The fourth-order valence-corrected chi connectivity index (χ4v) is 1.91. The minimum absolute atomic E-state index is 0.228. The summed E-state index contributed by atoms with van der Waals surface area (Å²) in [7, 11) is 1.73. The zero-order valence-electron chi connectivity index (χ0n) is 10.6. The van der Waals surface area contributed by atoms with Crippen LogP contribution in [0.5, 0.6) is 0 Å². The van der Waals surface area contributed by atoms with Crippen molar-refractivity contribution in [3.63, 3.8) is 0 Å². The van der Waals surface area contributed by atoms with Crippen LogP contribution in [0.4, 0.5) is 0 Å². The summed E-state index contributed by atoms with van der Waals surface area (Å²) in [5, 5.41) is 7.67. The third-order valence-electron chi connectivity index (χ3n) is 2.83. The predicted octanol–water partition coefficient (Wildman–Crippen LogP) is 1.86. The summed E-state index contributed by atoms with van der Waals surface area (Å²) in [6.45, 7) is 2.40. The van der Waals surface area contributed by atoms with Gasteiger partial charge in [0.1, 0.15) is 0 Å². The zero-order valence-corrected chi connectivity index (χ0v) is 10.6. The lowest BCUT2D eigenvalue weighted by Gasteiger charge is -2.18. The van der Waals surface area contributed by atoms with Gasteiger partial charge in [-0.05, 0) is 11.6 Å². The number of aromatic nitrogens is 2. The van der Waals surface area contributed by atoms with Gasteiger partial charge in [0.2, 0.25) is 0 Å². The highest BCUT2D eigenvalue weighted by molar-refractivity contribution is 5.18. The maximum Gasteiger partial charge on any atom is 0.0657 e. The van der Waals surface area contributed by atoms with E-state index in [1.54, 1.807) is 13.3 Å². The number of ether oxygens (including phenoxy) is 1. The summed E-state index contributed by atoms with van der Waals surface area (Å²) in [6, 6.07) is 12.5. The Bertz CT molecular complexity index is 428. The van der Waals surface area contributed by atoms with Gasteiger partial charge in [-0.2, -0.15) is 5.10 Å². The Hall–Kier alpha value is -1.65. The van der Waals surface area contributed by atoms with Gasteiger partial charge in [0.25, 0.3) is 0 Å². The van der Waals surface area contributed by atoms with E-state index < -0.39 is 0 Å². The van der Waals surface area contributed by atoms with E-state index in [1.807, 2.05) is 35.1 Å². The number of methoxy groups -OCH3 is 1. The normalized spacial score (nSPS) is 12.5. The van der Waals surface area contributed by atoms with Crippen LogP contribution in [0.2, 0.25) is 0 Å². The number of hydrogen-bond acceptors (Lipinski definition) is 3. The minimum atomic E-state index is 0.228. The van der Waals surface area contributed by atoms with Gasteiger partial charge in [0.05, 0.1) is 19.2 Å². The van der Waals surface area contributed by atoms with Crippen LogP contribution in [0.3, 0.4) is 0 Å². The van der Waals surface area contributed by atoms with Crippen molar-refractivity contribution in [1.82, 2.24) is 15.1 Å². The van der Waals surface area contributed by atoms with E-state index in [0.29, 0.717) is 6.61 Å². The van der Waals surface area contributed by atoms with Crippen molar-refractivity contribution < 1.29 is 4.74 Å². The second kappa shape index (κ2) is 6.93. The summed E-state index contributed by atoms with van der Waals surface area (Å²) < 4.78 is 7.18. The highest BCUT2D eigenvalue weighted by Crippen LogP contribution is 2.12. The molecule has 1 unspecified atom stereocenters. The summed E-state index contributed by atoms with van der Waals surface area (Å²) >= 11 is 0. The minimum Gasteiger partial charge on any atom is -0.383 e. The molecule has 0 saturated carbocycles. The van der Waals surface area contributed by atoms with Crippen LogP contribution < -0.4 is 5.32 Å². The maximum atomic E-state index is 5.26. The Morgan fingerprint density at radius 1 is 1.28 bits per heavy atom. The van der Waals surface area contributed by atoms with Crippen molar-refractivity contribution in [2.24, 2.45) is 0 Å². The molecule has 1 atom stereocenters. The zero-order chi connectivity index (χ0) is 12.6. The SMILES string of the molecule is COCC(NCCn1cccn1)c1ccccc1. The van der Waals surface area contributed by atoms with Gasteiger partial charge in [0.15, 0.2) is 0 Å². The highest BCUT2D eigenvalue weighted by atomic mass is 16.5. The van der Waals surface area contributed by atoms with Gasteiger partial charge in [-0.1, -0.05) is 30.3 Å². The molecule has 4 heteroatoms. The first kappa shape index (κ1) is 12.8. The summed E-state index contributed by atoms with van der Waals surface area (Å²) in [5.41, 5.74) is 1.25. The molecule has 0 radical (unpaired) electrons. The van der Waals surface area contributed by atoms with Gasteiger partial charge < -0.3 is 10.1 Å². The van der Waals surface area contributed by atoms with Crippen molar-refractivity contribution in [3.8, 4) is 0 Å². The molecule has 0 aliphatic carbocycles. The first-order valence-corrected chi connectivity index (χ1v) is 6.15. The number of nitrogens with one attached hydrogen (secondary N) is 1. The molecular formula is C14H19N3O. The predicted molar refractivity (Wildman–Crippen MR) is 71.3 cm³/mol. The number of nitrogens with zero attached hydrogens (tertiary/aromatic N) is 2. The van der Waals surface area contributed by atoms with E-state index in [1.165, 1.54) is 5.56 Å². The third kappa shape index (κ3) is 3.68. The van der Waals surface area contributed by atoms with E-state index in [-0.39, 0.29) is 6.04 Å². The number of rotatable bonds is 7. The van der Waals surface area contributed by atoms with Crippen LogP contribution in [0, 0.1) is 0 Å². The molecule has 0 saturated heterocycles. The van der Waals surface area contributed by atoms with Crippen LogP contribution in [0.25, 0.3) is 0 Å². The fourth-order valence-electron chi connectivity index (χ4n) is 1.91. The average Bonchev–Trinajstić information content (AvgIpc) is 2.92. The van der Waals surface area contributed by atoms with Crippen molar-refractivity contribution in [1.29, 1.82) is 0 Å². The van der Waals surface area contributed by atoms with Crippen LogP contribution >= 0.6 is 0 Å². The van der Waals surface area contributed by atoms with Crippen molar-refractivity contribution in [2.75, 3.05) is 20.3 Å².